The molecule has 2 N–H and O–H groups in total. The number of nitrogens with one attached hydrogen (secondary N) is 2. The molecule has 198 valence electrons. The highest BCUT2D eigenvalue weighted by Crippen LogP contribution is 2.44. The highest BCUT2D eigenvalue weighted by molar-refractivity contribution is 6.08. The first-order chi connectivity index (χ1) is 18.8. The van der Waals surface area contributed by atoms with Crippen LogP contribution in [0.4, 0.5) is 5.69 Å². The summed E-state index contributed by atoms with van der Waals surface area (Å²) < 4.78 is 9.23. The van der Waals surface area contributed by atoms with Crippen molar-refractivity contribution in [3.05, 3.63) is 72.0 Å². The van der Waals surface area contributed by atoms with Gasteiger partial charge in [0.1, 0.15) is 5.65 Å². The summed E-state index contributed by atoms with van der Waals surface area (Å²) in [6, 6.07) is 4.40. The maximum Gasteiger partial charge on any atom is 0.247 e. The average molecular weight is 522 g/mol. The number of anilines is 1. The minimum absolute atomic E-state index is 0.242. The van der Waals surface area contributed by atoms with Crippen molar-refractivity contribution < 1.29 is 9.53 Å². The van der Waals surface area contributed by atoms with Gasteiger partial charge in [0.2, 0.25) is 5.91 Å². The Labute approximate surface area is 226 Å². The largest absolute Gasteiger partial charge is 0.377 e. The van der Waals surface area contributed by atoms with Crippen LogP contribution in [-0.4, -0.2) is 48.6 Å². The number of aromatic amines is 1. The van der Waals surface area contributed by atoms with Gasteiger partial charge in [-0.2, -0.15) is 10.2 Å². The lowest BCUT2D eigenvalue weighted by Crippen LogP contribution is -2.30. The topological polar surface area (TPSA) is 103 Å². The molecule has 5 aromatic rings. The van der Waals surface area contributed by atoms with E-state index in [9.17, 15) is 4.79 Å². The number of ether oxygens (including phenoxy) is 1. The third-order valence-corrected chi connectivity index (χ3v) is 7.87. The van der Waals surface area contributed by atoms with Crippen molar-refractivity contribution in [2.75, 3.05) is 18.5 Å². The normalized spacial score (nSPS) is 13.6. The Bertz CT molecular complexity index is 1770. The van der Waals surface area contributed by atoms with E-state index in [1.54, 1.807) is 0 Å². The highest BCUT2D eigenvalue weighted by Gasteiger charge is 2.26. The Balaban J connectivity index is 1.63. The van der Waals surface area contributed by atoms with Crippen LogP contribution in [0.2, 0.25) is 0 Å². The lowest BCUT2D eigenvalue weighted by atomic mass is 9.91. The molecular formula is C30H31N7O2. The summed E-state index contributed by atoms with van der Waals surface area (Å²) in [4.78, 5) is 20.8. The smallest absolute Gasteiger partial charge is 0.247 e. The lowest BCUT2D eigenvalue weighted by molar-refractivity contribution is -0.111. The standard InChI is InChI=1S/C30H31N7O2/c1-7-25(38)34-28-16(2)8-9-22(18(28)4)27-26-17(3)23(24-12-32-36(6)19(24)5)11-31-30(26)35-29(27)20-10-33-37(13-20)21-14-39-15-21/h7-13,21H,1,14-15H2,2-6H3,(H,31,35)(H,34,38). The maximum atomic E-state index is 12.3. The van der Waals surface area contributed by atoms with E-state index in [0.717, 1.165) is 72.6 Å². The van der Waals surface area contributed by atoms with Crippen molar-refractivity contribution in [2.24, 2.45) is 7.05 Å². The van der Waals surface area contributed by atoms with Gasteiger partial charge in [-0.15, -0.1) is 0 Å². The fourth-order valence-electron chi connectivity index (χ4n) is 5.36. The third-order valence-electron chi connectivity index (χ3n) is 7.87. The number of pyridine rings is 1. The van der Waals surface area contributed by atoms with E-state index in [1.807, 2.05) is 54.9 Å². The van der Waals surface area contributed by atoms with Crippen molar-refractivity contribution >= 4 is 22.6 Å². The highest BCUT2D eigenvalue weighted by atomic mass is 16.5. The van der Waals surface area contributed by atoms with Gasteiger partial charge in [-0.1, -0.05) is 18.7 Å². The summed E-state index contributed by atoms with van der Waals surface area (Å²) in [5, 5.41) is 13.1. The zero-order valence-corrected chi connectivity index (χ0v) is 22.8. The van der Waals surface area contributed by atoms with E-state index < -0.39 is 0 Å². The first-order valence-electron chi connectivity index (χ1n) is 12.9. The fourth-order valence-corrected chi connectivity index (χ4v) is 5.36. The molecule has 1 amide bonds. The predicted octanol–water partition coefficient (Wildman–Crippen LogP) is 5.42. The van der Waals surface area contributed by atoms with Crippen molar-refractivity contribution in [2.45, 2.75) is 33.7 Å². The van der Waals surface area contributed by atoms with E-state index in [4.69, 9.17) is 9.72 Å². The number of nitrogens with zero attached hydrogens (tertiary/aromatic N) is 5. The molecule has 0 radical (unpaired) electrons. The quantitative estimate of drug-likeness (QED) is 0.290. The molecule has 1 aromatic carbocycles. The molecule has 0 aliphatic carbocycles. The number of carbonyl (C=O) groups is 1. The molecule has 6 rings (SSSR count). The van der Waals surface area contributed by atoms with Crippen LogP contribution in [0.1, 0.15) is 28.4 Å². The Kier molecular flexibility index (Phi) is 5.95. The SMILES string of the molecule is C=CC(=O)Nc1c(C)ccc(-c2c(-c3cnn(C4COC4)c3)[nH]c3ncc(-c4cnn(C)c4C)c(C)c23)c1C. The van der Waals surface area contributed by atoms with Crippen LogP contribution in [0.3, 0.4) is 0 Å². The monoisotopic (exact) mass is 521 g/mol. The van der Waals surface area contributed by atoms with Crippen LogP contribution in [0.5, 0.6) is 0 Å². The molecule has 0 spiro atoms. The van der Waals surface area contributed by atoms with E-state index in [1.165, 1.54) is 6.08 Å². The molecule has 5 heterocycles. The number of benzene rings is 1. The fraction of sp³-hybridized carbons (Fsp3) is 0.267. The van der Waals surface area contributed by atoms with Gasteiger partial charge in [-0.05, 0) is 56.0 Å². The summed E-state index contributed by atoms with van der Waals surface area (Å²) in [5.41, 5.74) is 11.7. The van der Waals surface area contributed by atoms with Crippen LogP contribution < -0.4 is 5.32 Å². The number of fused-ring (bicyclic) bond motifs is 1. The third kappa shape index (κ3) is 3.97. The molecule has 39 heavy (non-hydrogen) atoms. The molecule has 1 aliphatic rings. The number of aryl methyl sites for hydroxylation is 3. The van der Waals surface area contributed by atoms with Gasteiger partial charge < -0.3 is 15.0 Å². The minimum atomic E-state index is -0.242. The number of carbonyl (C=O) groups excluding carboxylic acids is 1. The number of rotatable bonds is 6. The van der Waals surface area contributed by atoms with Crippen molar-refractivity contribution in [3.63, 3.8) is 0 Å². The molecule has 0 saturated carbocycles. The Hall–Kier alpha value is -4.50. The Morgan fingerprint density at radius 1 is 1.08 bits per heavy atom. The summed E-state index contributed by atoms with van der Waals surface area (Å²) >= 11 is 0. The van der Waals surface area contributed by atoms with Gasteiger partial charge in [-0.3, -0.25) is 14.2 Å². The minimum Gasteiger partial charge on any atom is -0.377 e. The van der Waals surface area contributed by atoms with Crippen molar-refractivity contribution in [1.29, 1.82) is 0 Å². The Morgan fingerprint density at radius 2 is 1.87 bits per heavy atom. The first-order valence-corrected chi connectivity index (χ1v) is 12.9. The van der Waals surface area contributed by atoms with Gasteiger partial charge in [0, 0.05) is 58.5 Å². The number of hydrogen-bond acceptors (Lipinski definition) is 5. The van der Waals surface area contributed by atoms with Gasteiger partial charge in [0.15, 0.2) is 0 Å². The van der Waals surface area contributed by atoms with E-state index in [-0.39, 0.29) is 11.9 Å². The van der Waals surface area contributed by atoms with Crippen LogP contribution in [0.25, 0.3) is 44.5 Å². The maximum absolute atomic E-state index is 12.3. The van der Waals surface area contributed by atoms with Crippen molar-refractivity contribution in [1.82, 2.24) is 29.5 Å². The number of H-pyrrole nitrogens is 1. The van der Waals surface area contributed by atoms with Crippen LogP contribution in [0.15, 0.2) is 49.6 Å². The van der Waals surface area contributed by atoms with Gasteiger partial charge in [0.25, 0.3) is 0 Å². The number of aromatic nitrogens is 6. The predicted molar refractivity (Wildman–Crippen MR) is 153 cm³/mol. The van der Waals surface area contributed by atoms with Crippen LogP contribution in [0, 0.1) is 27.7 Å². The second-order valence-electron chi connectivity index (χ2n) is 10.2. The average Bonchev–Trinajstić information content (AvgIpc) is 3.59. The zero-order valence-electron chi connectivity index (χ0n) is 22.8. The molecule has 1 saturated heterocycles. The summed E-state index contributed by atoms with van der Waals surface area (Å²) in [6.45, 7) is 13.2. The number of hydrogen-bond donors (Lipinski definition) is 2. The molecule has 1 aliphatic heterocycles. The van der Waals surface area contributed by atoms with E-state index >= 15 is 0 Å². The molecule has 1 fully saturated rings. The van der Waals surface area contributed by atoms with Crippen molar-refractivity contribution in [3.8, 4) is 33.5 Å². The molecule has 9 heteroatoms. The van der Waals surface area contributed by atoms with Crippen LogP contribution >= 0.6 is 0 Å². The zero-order chi connectivity index (χ0) is 27.4. The lowest BCUT2D eigenvalue weighted by Gasteiger charge is -2.25. The van der Waals surface area contributed by atoms with Gasteiger partial charge in [0.05, 0.1) is 37.3 Å². The molecule has 0 atom stereocenters. The van der Waals surface area contributed by atoms with E-state index in [0.29, 0.717) is 13.2 Å². The number of amides is 1. The molecule has 4 aromatic heterocycles. The molecular weight excluding hydrogens is 490 g/mol. The van der Waals surface area contributed by atoms with Gasteiger partial charge >= 0.3 is 0 Å². The summed E-state index contributed by atoms with van der Waals surface area (Å²) in [7, 11) is 1.94. The van der Waals surface area contributed by atoms with E-state index in [2.05, 4.69) is 53.2 Å². The molecule has 9 nitrogen and oxygen atoms in total. The molecule has 0 bridgehead atoms. The van der Waals surface area contributed by atoms with Gasteiger partial charge in [-0.25, -0.2) is 4.98 Å². The second kappa shape index (κ2) is 9.36. The summed E-state index contributed by atoms with van der Waals surface area (Å²) in [5.74, 6) is -0.242. The summed E-state index contributed by atoms with van der Waals surface area (Å²) in [6.07, 6.45) is 9.05. The Morgan fingerprint density at radius 3 is 2.54 bits per heavy atom. The molecule has 0 unspecified atom stereocenters. The van der Waals surface area contributed by atoms with Crippen LogP contribution in [-0.2, 0) is 16.6 Å². The second-order valence-corrected chi connectivity index (χ2v) is 10.2. The first kappa shape index (κ1) is 24.8.